The Kier molecular flexibility index (Phi) is 2.14. The molecule has 5 nitrogen and oxygen atoms in total. The first-order chi connectivity index (χ1) is 7.75. The summed E-state index contributed by atoms with van der Waals surface area (Å²) in [6, 6.07) is 0. The van der Waals surface area contributed by atoms with Gasteiger partial charge in [0.1, 0.15) is 5.51 Å². The van der Waals surface area contributed by atoms with Crippen LogP contribution in [0.3, 0.4) is 0 Å². The molecule has 16 heavy (non-hydrogen) atoms. The lowest BCUT2D eigenvalue weighted by atomic mass is 10.0. The Morgan fingerprint density at radius 3 is 3.31 bits per heavy atom. The highest BCUT2D eigenvalue weighted by atomic mass is 32.1. The SMILES string of the molecule is CNC(=O)C1CC12CCN(c1nncs1)C2. The zero-order valence-electron chi connectivity index (χ0n) is 9.14. The second kappa shape index (κ2) is 3.41. The minimum atomic E-state index is 0.194. The molecule has 2 aliphatic rings. The maximum atomic E-state index is 11.6. The van der Waals surface area contributed by atoms with Crippen LogP contribution in [-0.4, -0.2) is 36.2 Å². The number of hydrogen-bond donors (Lipinski definition) is 1. The number of carbonyl (C=O) groups is 1. The van der Waals surface area contributed by atoms with Crippen molar-refractivity contribution in [3.8, 4) is 0 Å². The quantitative estimate of drug-likeness (QED) is 0.815. The van der Waals surface area contributed by atoms with Crippen LogP contribution in [0, 0.1) is 11.3 Å². The van der Waals surface area contributed by atoms with Gasteiger partial charge in [-0.25, -0.2) is 0 Å². The molecule has 2 heterocycles. The molecule has 0 bridgehead atoms. The van der Waals surface area contributed by atoms with E-state index in [4.69, 9.17) is 0 Å². The molecule has 86 valence electrons. The van der Waals surface area contributed by atoms with Crippen molar-refractivity contribution in [1.29, 1.82) is 0 Å². The Morgan fingerprint density at radius 1 is 1.75 bits per heavy atom. The van der Waals surface area contributed by atoms with E-state index in [9.17, 15) is 4.79 Å². The number of anilines is 1. The van der Waals surface area contributed by atoms with Gasteiger partial charge < -0.3 is 10.2 Å². The van der Waals surface area contributed by atoms with Crippen LogP contribution < -0.4 is 10.2 Å². The van der Waals surface area contributed by atoms with Crippen LogP contribution in [-0.2, 0) is 4.79 Å². The van der Waals surface area contributed by atoms with E-state index in [0.29, 0.717) is 0 Å². The van der Waals surface area contributed by atoms with Crippen LogP contribution in [0.25, 0.3) is 0 Å². The van der Waals surface area contributed by atoms with Crippen LogP contribution in [0.15, 0.2) is 5.51 Å². The van der Waals surface area contributed by atoms with Crippen molar-refractivity contribution in [3.05, 3.63) is 5.51 Å². The van der Waals surface area contributed by atoms with Gasteiger partial charge in [-0.1, -0.05) is 11.3 Å². The Balaban J connectivity index is 1.69. The van der Waals surface area contributed by atoms with E-state index in [1.54, 1.807) is 23.9 Å². The molecule has 2 unspecified atom stereocenters. The van der Waals surface area contributed by atoms with Crippen molar-refractivity contribution in [2.75, 3.05) is 25.0 Å². The number of nitrogens with zero attached hydrogens (tertiary/aromatic N) is 3. The van der Waals surface area contributed by atoms with Gasteiger partial charge in [0.2, 0.25) is 11.0 Å². The summed E-state index contributed by atoms with van der Waals surface area (Å²) in [6.45, 7) is 1.96. The molecule has 1 spiro atoms. The molecule has 2 fully saturated rings. The number of carbonyl (C=O) groups excluding carboxylic acids is 1. The molecule has 1 saturated heterocycles. The Hall–Kier alpha value is -1.17. The van der Waals surface area contributed by atoms with Gasteiger partial charge in [-0.2, -0.15) is 0 Å². The van der Waals surface area contributed by atoms with Gasteiger partial charge in [0.25, 0.3) is 0 Å². The topological polar surface area (TPSA) is 58.1 Å². The first kappa shape index (κ1) is 10.0. The summed E-state index contributed by atoms with van der Waals surface area (Å²) < 4.78 is 0. The zero-order chi connectivity index (χ0) is 11.2. The van der Waals surface area contributed by atoms with E-state index in [2.05, 4.69) is 20.4 Å². The normalized spacial score (nSPS) is 32.1. The lowest BCUT2D eigenvalue weighted by molar-refractivity contribution is -0.122. The third-order valence-corrected chi connectivity index (χ3v) is 4.51. The maximum Gasteiger partial charge on any atom is 0.223 e. The second-order valence-electron chi connectivity index (χ2n) is 4.63. The number of hydrogen-bond acceptors (Lipinski definition) is 5. The standard InChI is InChI=1S/C10H14N4OS/c1-11-8(15)7-4-10(7)2-3-14(5-10)9-13-12-6-16-9/h6-7H,2-5H2,1H3,(H,11,15). The zero-order valence-corrected chi connectivity index (χ0v) is 9.96. The Bertz CT molecular complexity index is 407. The minimum Gasteiger partial charge on any atom is -0.359 e. The summed E-state index contributed by atoms with van der Waals surface area (Å²) in [5, 5.41) is 11.7. The molecule has 6 heteroatoms. The summed E-state index contributed by atoms with van der Waals surface area (Å²) in [7, 11) is 1.71. The van der Waals surface area contributed by atoms with Crippen LogP contribution in [0.4, 0.5) is 5.13 Å². The number of rotatable bonds is 2. The first-order valence-electron chi connectivity index (χ1n) is 5.48. The first-order valence-corrected chi connectivity index (χ1v) is 6.36. The lowest BCUT2D eigenvalue weighted by Crippen LogP contribution is -2.25. The van der Waals surface area contributed by atoms with Gasteiger partial charge in [-0.05, 0) is 12.8 Å². The van der Waals surface area contributed by atoms with E-state index in [0.717, 1.165) is 31.1 Å². The summed E-state index contributed by atoms with van der Waals surface area (Å²) >= 11 is 1.57. The fourth-order valence-electron chi connectivity index (χ4n) is 2.71. The van der Waals surface area contributed by atoms with Gasteiger partial charge in [0.15, 0.2) is 0 Å². The van der Waals surface area contributed by atoms with E-state index >= 15 is 0 Å². The van der Waals surface area contributed by atoms with Crippen molar-refractivity contribution < 1.29 is 4.79 Å². The van der Waals surface area contributed by atoms with Crippen molar-refractivity contribution >= 4 is 22.4 Å². The highest BCUT2D eigenvalue weighted by molar-refractivity contribution is 7.13. The molecular formula is C10H14N4OS. The van der Waals surface area contributed by atoms with Crippen molar-refractivity contribution in [2.24, 2.45) is 11.3 Å². The van der Waals surface area contributed by atoms with E-state index in [-0.39, 0.29) is 17.2 Å². The van der Waals surface area contributed by atoms with Crippen LogP contribution >= 0.6 is 11.3 Å². The Labute approximate surface area is 97.9 Å². The van der Waals surface area contributed by atoms with Crippen LogP contribution in [0.1, 0.15) is 12.8 Å². The number of aromatic nitrogens is 2. The van der Waals surface area contributed by atoms with E-state index in [1.807, 2.05) is 0 Å². The minimum absolute atomic E-state index is 0.194. The molecular weight excluding hydrogens is 224 g/mol. The molecule has 0 aromatic carbocycles. The van der Waals surface area contributed by atoms with Gasteiger partial charge in [0, 0.05) is 31.5 Å². The maximum absolute atomic E-state index is 11.6. The van der Waals surface area contributed by atoms with E-state index in [1.165, 1.54) is 0 Å². The van der Waals surface area contributed by atoms with Crippen molar-refractivity contribution in [2.45, 2.75) is 12.8 Å². The predicted octanol–water partition coefficient (Wildman–Crippen LogP) is 0.500. The molecule has 1 aromatic heterocycles. The average Bonchev–Trinajstić information content (AvgIpc) is 2.73. The third kappa shape index (κ3) is 1.40. The summed E-state index contributed by atoms with van der Waals surface area (Å²) in [5.74, 6) is 0.412. The molecule has 1 amide bonds. The predicted molar refractivity (Wildman–Crippen MR) is 61.3 cm³/mol. The number of nitrogens with one attached hydrogen (secondary N) is 1. The highest BCUT2D eigenvalue weighted by Gasteiger charge is 2.60. The lowest BCUT2D eigenvalue weighted by Gasteiger charge is -2.13. The molecule has 1 saturated carbocycles. The van der Waals surface area contributed by atoms with Crippen molar-refractivity contribution in [3.63, 3.8) is 0 Å². The molecule has 1 N–H and O–H groups in total. The van der Waals surface area contributed by atoms with Gasteiger partial charge in [-0.3, -0.25) is 4.79 Å². The molecule has 2 atom stereocenters. The fourth-order valence-corrected chi connectivity index (χ4v) is 3.30. The average molecular weight is 238 g/mol. The van der Waals surface area contributed by atoms with E-state index < -0.39 is 0 Å². The van der Waals surface area contributed by atoms with Crippen LogP contribution in [0.5, 0.6) is 0 Å². The second-order valence-corrected chi connectivity index (χ2v) is 5.44. The third-order valence-electron chi connectivity index (χ3n) is 3.76. The Morgan fingerprint density at radius 2 is 2.62 bits per heavy atom. The monoisotopic (exact) mass is 238 g/mol. The highest BCUT2D eigenvalue weighted by Crippen LogP contribution is 2.58. The summed E-state index contributed by atoms with van der Waals surface area (Å²) in [5.41, 5.74) is 1.98. The fraction of sp³-hybridized carbons (Fsp3) is 0.700. The number of amides is 1. The van der Waals surface area contributed by atoms with Crippen molar-refractivity contribution in [1.82, 2.24) is 15.5 Å². The molecule has 0 radical (unpaired) electrons. The molecule has 3 rings (SSSR count). The largest absolute Gasteiger partial charge is 0.359 e. The molecule has 1 aliphatic carbocycles. The molecule has 1 aromatic rings. The van der Waals surface area contributed by atoms with Crippen LogP contribution in [0.2, 0.25) is 0 Å². The summed E-state index contributed by atoms with van der Waals surface area (Å²) in [4.78, 5) is 13.8. The van der Waals surface area contributed by atoms with Gasteiger partial charge >= 0.3 is 0 Å². The smallest absolute Gasteiger partial charge is 0.223 e. The van der Waals surface area contributed by atoms with Gasteiger partial charge in [0.05, 0.1) is 0 Å². The summed E-state index contributed by atoms with van der Waals surface area (Å²) in [6.07, 6.45) is 2.13. The van der Waals surface area contributed by atoms with Gasteiger partial charge in [-0.15, -0.1) is 10.2 Å². The molecule has 1 aliphatic heterocycles.